The standard InChI is InChI=1S/C31H38N2O4/c1-21-18-23(10-13-27(21)24-14-16-33(26-11-12-26)28(34)19-24)22(2)32-17-15-31(37-29(32)35,20-30(3,4)36)25-8-6-5-7-9-25/h5-10,13-14,16,18-19,22,26,28,34,36H,11-12,15,17,20H2,1-4H3/t22-,28?,31-/m0/s1. The molecule has 1 saturated carbocycles. The van der Waals surface area contributed by atoms with Crippen LogP contribution >= 0.6 is 0 Å². The largest absolute Gasteiger partial charge is 0.438 e. The van der Waals surface area contributed by atoms with Crippen LogP contribution in [0.3, 0.4) is 0 Å². The third kappa shape index (κ3) is 5.32. The van der Waals surface area contributed by atoms with E-state index in [9.17, 15) is 15.0 Å². The number of aliphatic hydroxyl groups is 2. The molecule has 5 rings (SSSR count). The molecule has 2 heterocycles. The van der Waals surface area contributed by atoms with Gasteiger partial charge in [0.1, 0.15) is 11.8 Å². The molecule has 2 N–H and O–H groups in total. The summed E-state index contributed by atoms with van der Waals surface area (Å²) in [4.78, 5) is 17.2. The number of rotatable bonds is 7. The highest BCUT2D eigenvalue weighted by Gasteiger charge is 2.46. The summed E-state index contributed by atoms with van der Waals surface area (Å²) in [5, 5.41) is 21.2. The summed E-state index contributed by atoms with van der Waals surface area (Å²) in [6, 6.07) is 16.3. The second-order valence-electron chi connectivity index (χ2n) is 11.4. The zero-order chi connectivity index (χ0) is 26.4. The molecule has 1 saturated heterocycles. The predicted octanol–water partition coefficient (Wildman–Crippen LogP) is 5.65. The number of hydrogen-bond acceptors (Lipinski definition) is 5. The fourth-order valence-electron chi connectivity index (χ4n) is 5.79. The van der Waals surface area contributed by atoms with Gasteiger partial charge in [0.05, 0.1) is 11.6 Å². The summed E-state index contributed by atoms with van der Waals surface area (Å²) < 4.78 is 6.16. The topological polar surface area (TPSA) is 73.2 Å². The molecule has 1 amide bonds. The zero-order valence-corrected chi connectivity index (χ0v) is 22.2. The van der Waals surface area contributed by atoms with Crippen LogP contribution in [0.1, 0.15) is 74.8 Å². The van der Waals surface area contributed by atoms with Gasteiger partial charge in [0.15, 0.2) is 0 Å². The number of aliphatic hydroxyl groups excluding tert-OH is 1. The second-order valence-corrected chi connectivity index (χ2v) is 11.4. The van der Waals surface area contributed by atoms with Crippen molar-refractivity contribution in [1.82, 2.24) is 9.80 Å². The van der Waals surface area contributed by atoms with E-state index in [0.29, 0.717) is 25.4 Å². The Morgan fingerprint density at radius 2 is 1.89 bits per heavy atom. The Morgan fingerprint density at radius 1 is 1.16 bits per heavy atom. The van der Waals surface area contributed by atoms with Crippen LogP contribution in [0.2, 0.25) is 0 Å². The SMILES string of the molecule is Cc1cc([C@H](C)N2CC[C@](CC(C)(C)O)(c3ccccc3)OC2=O)ccc1C1=CC(O)N(C2CC2)C=C1. The molecule has 3 atom stereocenters. The summed E-state index contributed by atoms with van der Waals surface area (Å²) in [6.45, 7) is 8.13. The Bertz CT molecular complexity index is 1210. The first-order valence-corrected chi connectivity index (χ1v) is 13.3. The number of amides is 1. The average molecular weight is 503 g/mol. The Kier molecular flexibility index (Phi) is 6.67. The molecule has 0 bridgehead atoms. The number of ether oxygens (including phenoxy) is 1. The van der Waals surface area contributed by atoms with Gasteiger partial charge in [0.2, 0.25) is 0 Å². The van der Waals surface area contributed by atoms with E-state index >= 15 is 0 Å². The minimum atomic E-state index is -0.984. The molecule has 2 aromatic rings. The van der Waals surface area contributed by atoms with Crippen LogP contribution in [0.15, 0.2) is 66.9 Å². The molecule has 6 nitrogen and oxygen atoms in total. The van der Waals surface area contributed by atoms with Crippen LogP contribution in [0, 0.1) is 6.92 Å². The molecule has 6 heteroatoms. The number of hydrogen-bond donors (Lipinski definition) is 2. The van der Waals surface area contributed by atoms with E-state index in [4.69, 9.17) is 4.74 Å². The maximum atomic E-state index is 13.4. The number of carbonyl (C=O) groups excluding carboxylic acids is 1. The number of carbonyl (C=O) groups is 1. The first kappa shape index (κ1) is 25.6. The monoisotopic (exact) mass is 502 g/mol. The van der Waals surface area contributed by atoms with Gasteiger partial charge < -0.3 is 24.7 Å². The number of nitrogens with zero attached hydrogens (tertiary/aromatic N) is 2. The van der Waals surface area contributed by atoms with E-state index in [-0.39, 0.29) is 12.1 Å². The highest BCUT2D eigenvalue weighted by atomic mass is 16.6. The van der Waals surface area contributed by atoms with Crippen LogP contribution in [-0.2, 0) is 10.3 Å². The normalized spacial score (nSPS) is 25.1. The van der Waals surface area contributed by atoms with Gasteiger partial charge in [-0.3, -0.25) is 0 Å². The predicted molar refractivity (Wildman–Crippen MR) is 144 cm³/mol. The van der Waals surface area contributed by atoms with Gasteiger partial charge >= 0.3 is 6.09 Å². The number of allylic oxidation sites excluding steroid dienone is 2. The first-order valence-electron chi connectivity index (χ1n) is 13.3. The van der Waals surface area contributed by atoms with Crippen LogP contribution in [-0.4, -0.2) is 50.5 Å². The minimum Gasteiger partial charge on any atom is -0.438 e. The summed E-state index contributed by atoms with van der Waals surface area (Å²) in [6.07, 6.45) is 8.24. The number of benzene rings is 2. The van der Waals surface area contributed by atoms with Gasteiger partial charge in [0, 0.05) is 31.6 Å². The Labute approximate surface area is 219 Å². The van der Waals surface area contributed by atoms with Crippen molar-refractivity contribution in [3.63, 3.8) is 0 Å². The summed E-state index contributed by atoms with van der Waals surface area (Å²) in [5.41, 5.74) is 3.29. The van der Waals surface area contributed by atoms with Crippen LogP contribution < -0.4 is 0 Å². The smallest absolute Gasteiger partial charge is 0.411 e. The molecule has 2 aliphatic heterocycles. The molecule has 1 aliphatic carbocycles. The summed E-state index contributed by atoms with van der Waals surface area (Å²) >= 11 is 0. The van der Waals surface area contributed by atoms with Gasteiger partial charge in [-0.05, 0) is 80.5 Å². The maximum Gasteiger partial charge on any atom is 0.411 e. The Hall–Kier alpha value is -3.09. The first-order chi connectivity index (χ1) is 17.6. The second kappa shape index (κ2) is 9.66. The quantitative estimate of drug-likeness (QED) is 0.512. The molecular weight excluding hydrogens is 464 g/mol. The third-order valence-corrected chi connectivity index (χ3v) is 7.83. The zero-order valence-electron chi connectivity index (χ0n) is 22.2. The van der Waals surface area contributed by atoms with Crippen LogP contribution in [0.4, 0.5) is 4.79 Å². The van der Waals surface area contributed by atoms with Gasteiger partial charge in [-0.15, -0.1) is 0 Å². The van der Waals surface area contributed by atoms with E-state index in [0.717, 1.165) is 40.7 Å². The van der Waals surface area contributed by atoms with E-state index in [1.54, 1.807) is 18.7 Å². The van der Waals surface area contributed by atoms with Crippen molar-refractivity contribution in [2.75, 3.05) is 6.54 Å². The minimum absolute atomic E-state index is 0.164. The fourth-order valence-corrected chi connectivity index (χ4v) is 5.79. The molecule has 0 radical (unpaired) electrons. The van der Waals surface area contributed by atoms with Crippen molar-refractivity contribution < 1.29 is 19.7 Å². The average Bonchev–Trinajstić information content (AvgIpc) is 3.68. The Balaban J connectivity index is 1.33. The fraction of sp³-hybridized carbons (Fsp3) is 0.452. The molecule has 196 valence electrons. The van der Waals surface area contributed by atoms with Gasteiger partial charge in [-0.25, -0.2) is 4.79 Å². The van der Waals surface area contributed by atoms with Crippen LogP contribution in [0.25, 0.3) is 5.57 Å². The van der Waals surface area contributed by atoms with E-state index in [1.165, 1.54) is 0 Å². The van der Waals surface area contributed by atoms with E-state index < -0.39 is 17.4 Å². The summed E-state index contributed by atoms with van der Waals surface area (Å²) in [7, 11) is 0. The molecule has 3 aliphatic rings. The van der Waals surface area contributed by atoms with Gasteiger partial charge in [-0.2, -0.15) is 0 Å². The van der Waals surface area contributed by atoms with Crippen molar-refractivity contribution in [1.29, 1.82) is 0 Å². The van der Waals surface area contributed by atoms with Crippen molar-refractivity contribution in [2.24, 2.45) is 0 Å². The number of cyclic esters (lactones) is 1. The lowest BCUT2D eigenvalue weighted by Gasteiger charge is -2.45. The van der Waals surface area contributed by atoms with Gasteiger partial charge in [-0.1, -0.05) is 48.5 Å². The van der Waals surface area contributed by atoms with Crippen LogP contribution in [0.5, 0.6) is 0 Å². The highest BCUT2D eigenvalue weighted by Crippen LogP contribution is 2.42. The van der Waals surface area contributed by atoms with Crippen molar-refractivity contribution in [3.8, 4) is 0 Å². The van der Waals surface area contributed by atoms with Crippen molar-refractivity contribution in [3.05, 3.63) is 89.1 Å². The van der Waals surface area contributed by atoms with E-state index in [1.807, 2.05) is 54.4 Å². The molecule has 37 heavy (non-hydrogen) atoms. The Morgan fingerprint density at radius 3 is 2.49 bits per heavy atom. The van der Waals surface area contributed by atoms with Crippen molar-refractivity contribution >= 4 is 11.7 Å². The lowest BCUT2D eigenvalue weighted by molar-refractivity contribution is -0.101. The number of aryl methyl sites for hydroxylation is 1. The van der Waals surface area contributed by atoms with Crippen molar-refractivity contribution in [2.45, 2.75) is 82.9 Å². The molecule has 2 aromatic carbocycles. The maximum absolute atomic E-state index is 13.4. The molecule has 0 spiro atoms. The lowest BCUT2D eigenvalue weighted by Crippen LogP contribution is -2.51. The third-order valence-electron chi connectivity index (χ3n) is 7.83. The molecule has 1 unspecified atom stereocenters. The molecule has 2 fully saturated rings. The summed E-state index contributed by atoms with van der Waals surface area (Å²) in [5.74, 6) is 0. The van der Waals surface area contributed by atoms with Gasteiger partial charge in [0.25, 0.3) is 0 Å². The van der Waals surface area contributed by atoms with E-state index in [2.05, 4.69) is 31.2 Å². The molecular formula is C31H38N2O4. The molecule has 0 aromatic heterocycles. The lowest BCUT2D eigenvalue weighted by atomic mass is 9.80. The highest BCUT2D eigenvalue weighted by molar-refractivity contribution is 5.77.